The Morgan fingerprint density at radius 2 is 1.21 bits per heavy atom. The lowest BCUT2D eigenvalue weighted by molar-refractivity contribution is 0.112. The van der Waals surface area contributed by atoms with E-state index in [1.54, 1.807) is 21.3 Å². The van der Waals surface area contributed by atoms with Gasteiger partial charge in [-0.05, 0) is 42.5 Å². The average Bonchev–Trinajstić information content (AvgIpc) is 2.94. The van der Waals surface area contributed by atoms with Crippen molar-refractivity contribution in [2.45, 2.75) is 0 Å². The van der Waals surface area contributed by atoms with E-state index in [2.05, 4.69) is 0 Å². The van der Waals surface area contributed by atoms with Crippen molar-refractivity contribution in [2.75, 3.05) is 0 Å². The van der Waals surface area contributed by atoms with Crippen LogP contribution in [0, 0.1) is 0 Å². The molecular formula is C20H14N2O2. The molecule has 0 unspecified atom stereocenters. The number of benzene rings is 3. The van der Waals surface area contributed by atoms with E-state index in [0.717, 1.165) is 23.2 Å². The molecule has 4 heteroatoms. The minimum atomic E-state index is -0.162. The van der Waals surface area contributed by atoms with Crippen molar-refractivity contribution in [1.82, 2.24) is 9.13 Å². The van der Waals surface area contributed by atoms with Crippen LogP contribution in [0.1, 0.15) is 10.4 Å². The van der Waals surface area contributed by atoms with E-state index in [1.807, 2.05) is 66.7 Å². The van der Waals surface area contributed by atoms with Gasteiger partial charge in [0.1, 0.15) is 6.29 Å². The van der Waals surface area contributed by atoms with E-state index >= 15 is 0 Å². The molecule has 3 aromatic carbocycles. The third-order valence-electron chi connectivity index (χ3n) is 4.03. The summed E-state index contributed by atoms with van der Waals surface area (Å²) >= 11 is 0. The molecular weight excluding hydrogens is 300 g/mol. The minimum absolute atomic E-state index is 0.162. The highest BCUT2D eigenvalue weighted by Crippen LogP contribution is 2.21. The lowest BCUT2D eigenvalue weighted by atomic mass is 10.2. The van der Waals surface area contributed by atoms with Crippen LogP contribution in [0.4, 0.5) is 0 Å². The number of imidazole rings is 1. The zero-order chi connectivity index (χ0) is 16.5. The van der Waals surface area contributed by atoms with Crippen LogP contribution < -0.4 is 5.69 Å². The topological polar surface area (TPSA) is 44.0 Å². The standard InChI is InChI=1S/C20H14N2O2/c23-14-15-11-12-18-19(13-15)22(17-9-5-2-6-10-17)20(24)21(18)16-7-3-1-4-8-16/h1-14H. The van der Waals surface area contributed by atoms with Gasteiger partial charge >= 0.3 is 5.69 Å². The summed E-state index contributed by atoms with van der Waals surface area (Å²) < 4.78 is 3.30. The molecule has 0 spiro atoms. The summed E-state index contributed by atoms with van der Waals surface area (Å²) in [6.07, 6.45) is 0.791. The summed E-state index contributed by atoms with van der Waals surface area (Å²) in [6, 6.07) is 24.2. The molecule has 4 aromatic rings. The number of hydrogen-bond acceptors (Lipinski definition) is 2. The highest BCUT2D eigenvalue weighted by atomic mass is 16.1. The first-order valence-corrected chi connectivity index (χ1v) is 7.63. The van der Waals surface area contributed by atoms with Crippen LogP contribution in [-0.2, 0) is 0 Å². The predicted octanol–water partition coefficient (Wildman–Crippen LogP) is 3.59. The van der Waals surface area contributed by atoms with Crippen LogP contribution in [0.15, 0.2) is 83.7 Å². The number of para-hydroxylation sites is 2. The van der Waals surface area contributed by atoms with Gasteiger partial charge < -0.3 is 0 Å². The molecule has 0 saturated carbocycles. The van der Waals surface area contributed by atoms with Crippen LogP contribution in [0.5, 0.6) is 0 Å². The number of nitrogens with zero attached hydrogens (tertiary/aromatic N) is 2. The van der Waals surface area contributed by atoms with Crippen LogP contribution >= 0.6 is 0 Å². The third-order valence-corrected chi connectivity index (χ3v) is 4.03. The first kappa shape index (κ1) is 14.2. The Balaban J connectivity index is 2.14. The molecule has 1 aromatic heterocycles. The van der Waals surface area contributed by atoms with Crippen LogP contribution in [0.25, 0.3) is 22.4 Å². The Labute approximate surface area is 138 Å². The van der Waals surface area contributed by atoms with Crippen LogP contribution in [0.2, 0.25) is 0 Å². The Hall–Kier alpha value is -3.40. The molecule has 1 heterocycles. The van der Waals surface area contributed by atoms with E-state index in [0.29, 0.717) is 11.1 Å². The molecule has 4 rings (SSSR count). The van der Waals surface area contributed by atoms with Crippen molar-refractivity contribution in [2.24, 2.45) is 0 Å². The molecule has 0 N–H and O–H groups in total. The van der Waals surface area contributed by atoms with Crippen molar-refractivity contribution in [3.63, 3.8) is 0 Å². The highest BCUT2D eigenvalue weighted by molar-refractivity contribution is 5.87. The molecule has 0 fully saturated rings. The van der Waals surface area contributed by atoms with Crippen molar-refractivity contribution < 1.29 is 4.79 Å². The lowest BCUT2D eigenvalue weighted by Gasteiger charge is -2.02. The second-order valence-corrected chi connectivity index (χ2v) is 5.49. The van der Waals surface area contributed by atoms with Crippen molar-refractivity contribution in [3.05, 3.63) is 94.9 Å². The highest BCUT2D eigenvalue weighted by Gasteiger charge is 2.16. The maximum atomic E-state index is 13.1. The number of hydrogen-bond donors (Lipinski definition) is 0. The normalized spacial score (nSPS) is 10.8. The number of fused-ring (bicyclic) bond motifs is 1. The lowest BCUT2D eigenvalue weighted by Crippen LogP contribution is -2.21. The second-order valence-electron chi connectivity index (χ2n) is 5.49. The fourth-order valence-corrected chi connectivity index (χ4v) is 2.94. The average molecular weight is 314 g/mol. The molecule has 0 saturated heterocycles. The summed E-state index contributed by atoms with van der Waals surface area (Å²) in [5.74, 6) is 0. The van der Waals surface area contributed by atoms with Crippen LogP contribution in [0.3, 0.4) is 0 Å². The Morgan fingerprint density at radius 1 is 0.667 bits per heavy atom. The van der Waals surface area contributed by atoms with Gasteiger partial charge in [-0.15, -0.1) is 0 Å². The minimum Gasteiger partial charge on any atom is -0.298 e. The molecule has 0 amide bonds. The van der Waals surface area contributed by atoms with Gasteiger partial charge in [0.2, 0.25) is 0 Å². The van der Waals surface area contributed by atoms with Gasteiger partial charge in [0.05, 0.1) is 22.4 Å². The Kier molecular flexibility index (Phi) is 3.35. The van der Waals surface area contributed by atoms with E-state index in [1.165, 1.54) is 0 Å². The SMILES string of the molecule is O=Cc1ccc2c(c1)n(-c1ccccc1)c(=O)n2-c1ccccc1. The molecule has 0 aliphatic carbocycles. The summed E-state index contributed by atoms with van der Waals surface area (Å²) in [5, 5.41) is 0. The molecule has 0 atom stereocenters. The third kappa shape index (κ3) is 2.16. The first-order chi connectivity index (χ1) is 11.8. The summed E-state index contributed by atoms with van der Waals surface area (Å²) in [6.45, 7) is 0. The fourth-order valence-electron chi connectivity index (χ4n) is 2.94. The summed E-state index contributed by atoms with van der Waals surface area (Å²) in [5.41, 5.74) is 3.41. The number of rotatable bonds is 3. The van der Waals surface area contributed by atoms with Gasteiger partial charge in [0, 0.05) is 5.56 Å². The molecule has 0 aliphatic rings. The molecule has 0 radical (unpaired) electrons. The zero-order valence-corrected chi connectivity index (χ0v) is 12.8. The van der Waals surface area contributed by atoms with Crippen molar-refractivity contribution in [1.29, 1.82) is 0 Å². The van der Waals surface area contributed by atoms with Gasteiger partial charge in [-0.3, -0.25) is 13.9 Å². The van der Waals surface area contributed by atoms with Gasteiger partial charge in [-0.1, -0.05) is 36.4 Å². The first-order valence-electron chi connectivity index (χ1n) is 7.63. The number of aromatic nitrogens is 2. The number of carbonyl (C=O) groups excluding carboxylic acids is 1. The number of carbonyl (C=O) groups is 1. The maximum absolute atomic E-state index is 13.1. The zero-order valence-electron chi connectivity index (χ0n) is 12.8. The maximum Gasteiger partial charge on any atom is 0.338 e. The van der Waals surface area contributed by atoms with E-state index in [9.17, 15) is 9.59 Å². The van der Waals surface area contributed by atoms with Crippen molar-refractivity contribution >= 4 is 17.3 Å². The fraction of sp³-hybridized carbons (Fsp3) is 0. The molecule has 116 valence electrons. The second kappa shape index (κ2) is 5.66. The Bertz CT molecular complexity index is 1080. The molecule has 24 heavy (non-hydrogen) atoms. The molecule has 4 nitrogen and oxygen atoms in total. The van der Waals surface area contributed by atoms with E-state index in [-0.39, 0.29) is 5.69 Å². The van der Waals surface area contributed by atoms with Gasteiger partial charge in [0.25, 0.3) is 0 Å². The van der Waals surface area contributed by atoms with E-state index in [4.69, 9.17) is 0 Å². The predicted molar refractivity (Wildman–Crippen MR) is 94.3 cm³/mol. The van der Waals surface area contributed by atoms with E-state index < -0.39 is 0 Å². The van der Waals surface area contributed by atoms with Gasteiger partial charge in [0.15, 0.2) is 0 Å². The van der Waals surface area contributed by atoms with Gasteiger partial charge in [-0.25, -0.2) is 4.79 Å². The van der Waals surface area contributed by atoms with Gasteiger partial charge in [-0.2, -0.15) is 0 Å². The smallest absolute Gasteiger partial charge is 0.298 e. The number of aldehydes is 1. The monoisotopic (exact) mass is 314 g/mol. The summed E-state index contributed by atoms with van der Waals surface area (Å²) in [4.78, 5) is 24.3. The van der Waals surface area contributed by atoms with Crippen molar-refractivity contribution in [3.8, 4) is 11.4 Å². The summed E-state index contributed by atoms with van der Waals surface area (Å²) in [7, 11) is 0. The molecule has 0 aliphatic heterocycles. The largest absolute Gasteiger partial charge is 0.338 e. The Morgan fingerprint density at radius 3 is 1.75 bits per heavy atom. The quantitative estimate of drug-likeness (QED) is 0.542. The molecule has 0 bridgehead atoms. The van der Waals surface area contributed by atoms with Crippen LogP contribution in [-0.4, -0.2) is 15.4 Å².